The van der Waals surface area contributed by atoms with Crippen LogP contribution in [-0.2, 0) is 4.74 Å². The molecule has 0 aliphatic carbocycles. The normalized spacial score (nSPS) is 8.77. The average molecular weight is 312 g/mol. The molecule has 72 valence electrons. The minimum atomic E-state index is 0. The molecule has 0 bridgehead atoms. The van der Waals surface area contributed by atoms with Crippen LogP contribution in [0.1, 0.15) is 12.5 Å². The van der Waals surface area contributed by atoms with Crippen molar-refractivity contribution in [3.8, 4) is 0 Å². The second-order valence-corrected chi connectivity index (χ2v) is 3.51. The Labute approximate surface area is 97.7 Å². The number of halogens is 2. The number of ether oxygens (including phenoxy) is 1. The van der Waals surface area contributed by atoms with E-state index in [9.17, 15) is 0 Å². The van der Waals surface area contributed by atoms with Crippen molar-refractivity contribution >= 4 is 40.9 Å². The van der Waals surface area contributed by atoms with Crippen LogP contribution in [0, 0.1) is 8.98 Å². The highest BCUT2D eigenvalue weighted by atomic mass is 127. The van der Waals surface area contributed by atoms with Crippen LogP contribution in [-0.4, -0.2) is 12.5 Å². The van der Waals surface area contributed by atoms with Gasteiger partial charge in [0.2, 0.25) is 5.90 Å². The quantitative estimate of drug-likeness (QED) is 0.508. The first kappa shape index (κ1) is 12.7. The Morgan fingerprint density at radius 1 is 1.38 bits per heavy atom. The van der Waals surface area contributed by atoms with Crippen molar-refractivity contribution in [2.75, 3.05) is 6.61 Å². The number of hydrogen-bond donors (Lipinski definition) is 1. The van der Waals surface area contributed by atoms with Gasteiger partial charge < -0.3 is 4.74 Å². The van der Waals surface area contributed by atoms with Gasteiger partial charge in [0.05, 0.1) is 6.61 Å². The lowest BCUT2D eigenvalue weighted by Gasteiger charge is -2.03. The number of nitrogens with one attached hydrogen (secondary N) is 1. The van der Waals surface area contributed by atoms with Gasteiger partial charge in [-0.3, -0.25) is 5.41 Å². The molecule has 0 aliphatic heterocycles. The van der Waals surface area contributed by atoms with Crippen LogP contribution in [0.3, 0.4) is 0 Å². The first-order valence-electron chi connectivity index (χ1n) is 3.71. The van der Waals surface area contributed by atoms with E-state index in [-0.39, 0.29) is 18.3 Å². The maximum atomic E-state index is 7.48. The summed E-state index contributed by atoms with van der Waals surface area (Å²) in [7, 11) is 0. The third-order valence-corrected chi connectivity index (χ3v) is 2.11. The number of hydrogen-bond acceptors (Lipinski definition) is 2. The molecule has 4 heteroatoms. The lowest BCUT2D eigenvalue weighted by molar-refractivity contribution is 0.325. The fraction of sp³-hybridized carbons (Fsp3) is 0.222. The predicted octanol–water partition coefficient (Wildman–Crippen LogP) is 3.07. The number of rotatable bonds is 2. The molecule has 1 rings (SSSR count). The molecule has 0 aliphatic rings. The van der Waals surface area contributed by atoms with Gasteiger partial charge in [-0.1, -0.05) is 0 Å². The molecule has 0 heterocycles. The molecule has 2 nitrogen and oxygen atoms in total. The highest BCUT2D eigenvalue weighted by Crippen LogP contribution is 2.07. The van der Waals surface area contributed by atoms with E-state index >= 15 is 0 Å². The largest absolute Gasteiger partial charge is 0.478 e. The van der Waals surface area contributed by atoms with Gasteiger partial charge in [-0.15, -0.1) is 12.4 Å². The zero-order chi connectivity index (χ0) is 8.97. The summed E-state index contributed by atoms with van der Waals surface area (Å²) in [5, 5.41) is 7.48. The van der Waals surface area contributed by atoms with E-state index in [1.807, 2.05) is 31.2 Å². The topological polar surface area (TPSA) is 33.1 Å². The fourth-order valence-corrected chi connectivity index (χ4v) is 1.19. The van der Waals surface area contributed by atoms with Gasteiger partial charge >= 0.3 is 0 Å². The second-order valence-electron chi connectivity index (χ2n) is 2.27. The summed E-state index contributed by atoms with van der Waals surface area (Å²) >= 11 is 2.23. The molecule has 13 heavy (non-hydrogen) atoms. The van der Waals surface area contributed by atoms with Gasteiger partial charge in [0, 0.05) is 9.13 Å². The summed E-state index contributed by atoms with van der Waals surface area (Å²) in [5.74, 6) is 0.244. The summed E-state index contributed by atoms with van der Waals surface area (Å²) in [4.78, 5) is 0. The standard InChI is InChI=1S/C9H10INO.ClH/c1-2-12-9(11)7-3-5-8(10)6-4-7;/h3-6,11H,2H2,1H3;1H. The van der Waals surface area contributed by atoms with Crippen LogP contribution < -0.4 is 0 Å². The van der Waals surface area contributed by atoms with Gasteiger partial charge in [-0.2, -0.15) is 0 Å². The second kappa shape index (κ2) is 6.21. The van der Waals surface area contributed by atoms with Crippen molar-refractivity contribution in [3.05, 3.63) is 33.4 Å². The van der Waals surface area contributed by atoms with Crippen molar-refractivity contribution in [3.63, 3.8) is 0 Å². The van der Waals surface area contributed by atoms with Gasteiger partial charge in [0.1, 0.15) is 0 Å². The maximum absolute atomic E-state index is 7.48. The lowest BCUT2D eigenvalue weighted by atomic mass is 10.2. The average Bonchev–Trinajstić information content (AvgIpc) is 2.06. The Balaban J connectivity index is 0.00000144. The molecule has 0 saturated carbocycles. The number of benzene rings is 1. The highest BCUT2D eigenvalue weighted by Gasteiger charge is 1.99. The van der Waals surface area contributed by atoms with Crippen LogP contribution in [0.2, 0.25) is 0 Å². The maximum Gasteiger partial charge on any atom is 0.213 e. The first-order chi connectivity index (χ1) is 5.74. The third kappa shape index (κ3) is 3.95. The van der Waals surface area contributed by atoms with E-state index in [1.165, 1.54) is 3.57 Å². The minimum Gasteiger partial charge on any atom is -0.478 e. The van der Waals surface area contributed by atoms with Crippen molar-refractivity contribution < 1.29 is 4.74 Å². The van der Waals surface area contributed by atoms with Gasteiger partial charge in [-0.05, 0) is 53.8 Å². The fourth-order valence-electron chi connectivity index (χ4n) is 0.829. The molecule has 0 fully saturated rings. The van der Waals surface area contributed by atoms with Crippen molar-refractivity contribution in [2.24, 2.45) is 0 Å². The van der Waals surface area contributed by atoms with Gasteiger partial charge in [0.15, 0.2) is 0 Å². The molecule has 1 aromatic carbocycles. The molecule has 0 amide bonds. The van der Waals surface area contributed by atoms with E-state index < -0.39 is 0 Å². The minimum absolute atomic E-state index is 0. The zero-order valence-electron chi connectivity index (χ0n) is 7.21. The van der Waals surface area contributed by atoms with Crippen LogP contribution >= 0.6 is 35.0 Å². The van der Waals surface area contributed by atoms with E-state index in [0.717, 1.165) is 5.56 Å². The smallest absolute Gasteiger partial charge is 0.213 e. The summed E-state index contributed by atoms with van der Waals surface area (Å²) in [6, 6.07) is 7.70. The van der Waals surface area contributed by atoms with Crippen LogP contribution in [0.15, 0.2) is 24.3 Å². The van der Waals surface area contributed by atoms with E-state index in [2.05, 4.69) is 22.6 Å². The van der Waals surface area contributed by atoms with Crippen molar-refractivity contribution in [1.29, 1.82) is 5.41 Å². The van der Waals surface area contributed by atoms with E-state index in [4.69, 9.17) is 10.1 Å². The predicted molar refractivity (Wildman–Crippen MR) is 64.9 cm³/mol. The monoisotopic (exact) mass is 311 g/mol. The van der Waals surface area contributed by atoms with Crippen molar-refractivity contribution in [1.82, 2.24) is 0 Å². The van der Waals surface area contributed by atoms with Crippen LogP contribution in [0.5, 0.6) is 0 Å². The summed E-state index contributed by atoms with van der Waals surface area (Å²) in [5.41, 5.74) is 0.831. The Morgan fingerprint density at radius 2 is 1.92 bits per heavy atom. The molecule has 0 radical (unpaired) electrons. The highest BCUT2D eigenvalue weighted by molar-refractivity contribution is 14.1. The Hall–Kier alpha value is -0.290. The molecule has 1 N–H and O–H groups in total. The molecule has 1 aromatic rings. The summed E-state index contributed by atoms with van der Waals surface area (Å²) < 4.78 is 6.22. The van der Waals surface area contributed by atoms with E-state index in [0.29, 0.717) is 6.61 Å². The van der Waals surface area contributed by atoms with Gasteiger partial charge in [-0.25, -0.2) is 0 Å². The molecule has 0 aromatic heterocycles. The SMILES string of the molecule is CCOC(=N)c1ccc(I)cc1.Cl. The van der Waals surface area contributed by atoms with Crippen LogP contribution in [0.25, 0.3) is 0 Å². The summed E-state index contributed by atoms with van der Waals surface area (Å²) in [6.07, 6.45) is 0. The van der Waals surface area contributed by atoms with Gasteiger partial charge in [0.25, 0.3) is 0 Å². The van der Waals surface area contributed by atoms with E-state index in [1.54, 1.807) is 0 Å². The van der Waals surface area contributed by atoms with Crippen molar-refractivity contribution in [2.45, 2.75) is 6.92 Å². The summed E-state index contributed by atoms with van der Waals surface area (Å²) in [6.45, 7) is 2.42. The molecule has 0 saturated heterocycles. The lowest BCUT2D eigenvalue weighted by Crippen LogP contribution is -2.04. The molecule has 0 unspecified atom stereocenters. The molecular formula is C9H11ClINO. The third-order valence-electron chi connectivity index (χ3n) is 1.40. The molecule has 0 atom stereocenters. The first-order valence-corrected chi connectivity index (χ1v) is 4.79. The Kier molecular flexibility index (Phi) is 6.07. The molecule has 0 spiro atoms. The molecular weight excluding hydrogens is 300 g/mol. The Morgan fingerprint density at radius 3 is 2.38 bits per heavy atom. The Bertz CT molecular complexity index is 273. The zero-order valence-corrected chi connectivity index (χ0v) is 10.2. The van der Waals surface area contributed by atoms with Crippen LogP contribution in [0.4, 0.5) is 0 Å².